The molecule has 1 N–H and O–H groups in total. The van der Waals surface area contributed by atoms with E-state index in [9.17, 15) is 0 Å². The molecule has 1 fully saturated rings. The van der Waals surface area contributed by atoms with Gasteiger partial charge in [-0.05, 0) is 43.2 Å². The van der Waals surface area contributed by atoms with Crippen molar-refractivity contribution >= 4 is 21.6 Å². The molecule has 1 aliphatic heterocycles. The third kappa shape index (κ3) is 2.99. The third-order valence-electron chi connectivity index (χ3n) is 4.32. The molecule has 2 aromatic rings. The number of nitrogens with one attached hydrogen (secondary N) is 1. The van der Waals surface area contributed by atoms with Gasteiger partial charge in [0.1, 0.15) is 0 Å². The Morgan fingerprint density at radius 3 is 2.62 bits per heavy atom. The molecule has 0 aliphatic carbocycles. The average Bonchev–Trinajstić information content (AvgIpc) is 2.51. The van der Waals surface area contributed by atoms with Crippen molar-refractivity contribution in [3.05, 3.63) is 64.1 Å². The van der Waals surface area contributed by atoms with Crippen LogP contribution in [-0.2, 0) is 5.54 Å². The first kappa shape index (κ1) is 14.6. The Hall–Kier alpha value is -1.32. The van der Waals surface area contributed by atoms with Crippen molar-refractivity contribution in [3.8, 4) is 0 Å². The van der Waals surface area contributed by atoms with Gasteiger partial charge in [-0.2, -0.15) is 0 Å². The van der Waals surface area contributed by atoms with E-state index in [2.05, 4.69) is 88.5 Å². The number of rotatable bonds is 2. The topological polar surface area (TPSA) is 15.3 Å². The second-order valence-corrected chi connectivity index (χ2v) is 6.83. The van der Waals surface area contributed by atoms with Crippen LogP contribution in [0.1, 0.15) is 18.1 Å². The van der Waals surface area contributed by atoms with E-state index in [0.29, 0.717) is 0 Å². The number of hydrogen-bond acceptors (Lipinski definition) is 2. The van der Waals surface area contributed by atoms with Crippen LogP contribution in [0, 0.1) is 6.92 Å². The summed E-state index contributed by atoms with van der Waals surface area (Å²) in [4.78, 5) is 2.48. The summed E-state index contributed by atoms with van der Waals surface area (Å²) in [7, 11) is 0. The van der Waals surface area contributed by atoms with E-state index >= 15 is 0 Å². The van der Waals surface area contributed by atoms with E-state index < -0.39 is 0 Å². The van der Waals surface area contributed by atoms with E-state index in [-0.39, 0.29) is 5.54 Å². The number of hydrogen-bond donors (Lipinski definition) is 1. The minimum absolute atomic E-state index is 0.000484. The molecule has 0 amide bonds. The molecular formula is C18H21BrN2. The summed E-state index contributed by atoms with van der Waals surface area (Å²) in [6, 6.07) is 17.3. The van der Waals surface area contributed by atoms with Crippen LogP contribution in [0.4, 0.5) is 5.69 Å². The predicted octanol–water partition coefficient (Wildman–Crippen LogP) is 4.08. The summed E-state index contributed by atoms with van der Waals surface area (Å²) >= 11 is 3.58. The van der Waals surface area contributed by atoms with Gasteiger partial charge in [0.2, 0.25) is 0 Å². The maximum atomic E-state index is 3.69. The van der Waals surface area contributed by atoms with Gasteiger partial charge in [-0.3, -0.25) is 0 Å². The molecule has 1 atom stereocenters. The molecule has 1 aliphatic rings. The van der Waals surface area contributed by atoms with E-state index in [1.165, 1.54) is 21.3 Å². The second kappa shape index (κ2) is 5.82. The molecular weight excluding hydrogens is 324 g/mol. The number of aryl methyl sites for hydroxylation is 1. The lowest BCUT2D eigenvalue weighted by atomic mass is 9.89. The third-order valence-corrected chi connectivity index (χ3v) is 5.21. The molecule has 0 bridgehead atoms. The second-order valence-electron chi connectivity index (χ2n) is 5.98. The Kier molecular flexibility index (Phi) is 4.05. The van der Waals surface area contributed by atoms with Crippen molar-refractivity contribution in [1.29, 1.82) is 0 Å². The Balaban J connectivity index is 1.87. The van der Waals surface area contributed by atoms with Crippen LogP contribution in [-0.4, -0.2) is 19.6 Å². The number of nitrogens with zero attached hydrogens (tertiary/aromatic N) is 1. The molecule has 0 radical (unpaired) electrons. The van der Waals surface area contributed by atoms with Gasteiger partial charge >= 0.3 is 0 Å². The van der Waals surface area contributed by atoms with Crippen molar-refractivity contribution in [3.63, 3.8) is 0 Å². The summed E-state index contributed by atoms with van der Waals surface area (Å²) < 4.78 is 1.17. The van der Waals surface area contributed by atoms with Crippen LogP contribution in [0.25, 0.3) is 0 Å². The maximum Gasteiger partial charge on any atom is 0.0584 e. The SMILES string of the molecule is Cc1cc(N2CCNC(C)(c3ccccc3)C2)ccc1Br. The normalized spacial score (nSPS) is 22.3. The van der Waals surface area contributed by atoms with Crippen molar-refractivity contribution in [2.45, 2.75) is 19.4 Å². The summed E-state index contributed by atoms with van der Waals surface area (Å²) in [6.07, 6.45) is 0. The fourth-order valence-corrected chi connectivity index (χ4v) is 3.28. The molecule has 2 nitrogen and oxygen atoms in total. The first-order valence-corrected chi connectivity index (χ1v) is 8.19. The molecule has 21 heavy (non-hydrogen) atoms. The van der Waals surface area contributed by atoms with Crippen molar-refractivity contribution < 1.29 is 0 Å². The minimum Gasteiger partial charge on any atom is -0.368 e. The first-order valence-electron chi connectivity index (χ1n) is 7.40. The largest absolute Gasteiger partial charge is 0.368 e. The lowest BCUT2D eigenvalue weighted by Crippen LogP contribution is -2.56. The van der Waals surface area contributed by atoms with Crippen LogP contribution < -0.4 is 10.2 Å². The molecule has 110 valence electrons. The van der Waals surface area contributed by atoms with Crippen molar-refractivity contribution in [1.82, 2.24) is 5.32 Å². The van der Waals surface area contributed by atoms with Crippen molar-refractivity contribution in [2.75, 3.05) is 24.5 Å². The highest BCUT2D eigenvalue weighted by Crippen LogP contribution is 2.29. The van der Waals surface area contributed by atoms with Gasteiger partial charge in [0.05, 0.1) is 5.54 Å². The predicted molar refractivity (Wildman–Crippen MR) is 92.9 cm³/mol. The highest BCUT2D eigenvalue weighted by molar-refractivity contribution is 9.10. The van der Waals surface area contributed by atoms with E-state index in [1.54, 1.807) is 0 Å². The van der Waals surface area contributed by atoms with Crippen LogP contribution in [0.5, 0.6) is 0 Å². The fourth-order valence-electron chi connectivity index (χ4n) is 3.03. The monoisotopic (exact) mass is 344 g/mol. The zero-order valence-corrected chi connectivity index (χ0v) is 14.2. The van der Waals surface area contributed by atoms with E-state index in [4.69, 9.17) is 0 Å². The van der Waals surface area contributed by atoms with Gasteiger partial charge < -0.3 is 10.2 Å². The van der Waals surface area contributed by atoms with E-state index in [1.807, 2.05) is 0 Å². The summed E-state index contributed by atoms with van der Waals surface area (Å²) in [5, 5.41) is 3.69. The molecule has 1 unspecified atom stereocenters. The highest BCUT2D eigenvalue weighted by Gasteiger charge is 2.32. The number of piperazine rings is 1. The molecule has 3 heteroatoms. The Labute approximate surface area is 135 Å². The Bertz CT molecular complexity index is 626. The van der Waals surface area contributed by atoms with Gasteiger partial charge in [0.25, 0.3) is 0 Å². The molecule has 3 rings (SSSR count). The summed E-state index contributed by atoms with van der Waals surface area (Å²) in [5.74, 6) is 0. The van der Waals surface area contributed by atoms with Crippen molar-refractivity contribution in [2.24, 2.45) is 0 Å². The fraction of sp³-hybridized carbons (Fsp3) is 0.333. The van der Waals surface area contributed by atoms with Gasteiger partial charge in [-0.25, -0.2) is 0 Å². The van der Waals surface area contributed by atoms with Crippen LogP contribution >= 0.6 is 15.9 Å². The molecule has 0 spiro atoms. The van der Waals surface area contributed by atoms with Crippen LogP contribution in [0.3, 0.4) is 0 Å². The summed E-state index contributed by atoms with van der Waals surface area (Å²) in [6.45, 7) is 7.47. The zero-order valence-electron chi connectivity index (χ0n) is 12.6. The first-order chi connectivity index (χ1) is 10.1. The molecule has 0 saturated carbocycles. The molecule has 1 saturated heterocycles. The van der Waals surface area contributed by atoms with E-state index in [0.717, 1.165) is 19.6 Å². The van der Waals surface area contributed by atoms with Gasteiger partial charge in [-0.15, -0.1) is 0 Å². The summed E-state index contributed by atoms with van der Waals surface area (Å²) in [5.41, 5.74) is 3.94. The van der Waals surface area contributed by atoms with Gasteiger partial charge in [0, 0.05) is 29.8 Å². The van der Waals surface area contributed by atoms with Gasteiger partial charge in [0.15, 0.2) is 0 Å². The number of benzene rings is 2. The number of halogens is 1. The standard InChI is InChI=1S/C18H21BrN2/c1-14-12-16(8-9-17(14)19)21-11-10-20-18(2,13-21)15-6-4-3-5-7-15/h3-9,12,20H,10-11,13H2,1-2H3. The lowest BCUT2D eigenvalue weighted by Gasteiger charge is -2.43. The van der Waals surface area contributed by atoms with Crippen LogP contribution in [0.15, 0.2) is 53.0 Å². The highest BCUT2D eigenvalue weighted by atomic mass is 79.9. The Morgan fingerprint density at radius 1 is 1.14 bits per heavy atom. The van der Waals surface area contributed by atoms with Gasteiger partial charge in [-0.1, -0.05) is 46.3 Å². The molecule has 1 heterocycles. The molecule has 0 aromatic heterocycles. The number of anilines is 1. The average molecular weight is 345 g/mol. The maximum absolute atomic E-state index is 3.69. The molecule has 2 aromatic carbocycles. The minimum atomic E-state index is 0.000484. The quantitative estimate of drug-likeness (QED) is 0.882. The smallest absolute Gasteiger partial charge is 0.0584 e. The lowest BCUT2D eigenvalue weighted by molar-refractivity contribution is 0.332. The zero-order chi connectivity index (χ0) is 14.9. The van der Waals surface area contributed by atoms with Crippen LogP contribution in [0.2, 0.25) is 0 Å². The Morgan fingerprint density at radius 2 is 1.90 bits per heavy atom.